The van der Waals surface area contributed by atoms with Gasteiger partial charge in [-0.2, -0.15) is 0 Å². The second-order valence-corrected chi connectivity index (χ2v) is 5.15. The summed E-state index contributed by atoms with van der Waals surface area (Å²) in [5.74, 6) is -0.0519. The van der Waals surface area contributed by atoms with Crippen molar-refractivity contribution < 1.29 is 9.13 Å². The molecule has 3 nitrogen and oxygen atoms in total. The normalized spacial score (nSPS) is 12.4. The Bertz CT molecular complexity index is 516. The molecule has 0 aliphatic rings. The van der Waals surface area contributed by atoms with Crippen LogP contribution in [0.25, 0.3) is 0 Å². The maximum atomic E-state index is 13.4. The third kappa shape index (κ3) is 3.52. The highest BCUT2D eigenvalue weighted by molar-refractivity contribution is 7.09. The fraction of sp³-hybridized carbons (Fsp3) is 0.357. The molecule has 0 aliphatic heterocycles. The maximum Gasteiger partial charge on any atom is 0.165 e. The molecule has 0 amide bonds. The van der Waals surface area contributed by atoms with Crippen LogP contribution in [0.4, 0.5) is 4.39 Å². The van der Waals surface area contributed by atoms with E-state index >= 15 is 0 Å². The second-order valence-electron chi connectivity index (χ2n) is 4.18. The lowest BCUT2D eigenvalue weighted by atomic mass is 10.0. The minimum atomic E-state index is -0.334. The molecule has 2 aromatic rings. The fourth-order valence-corrected chi connectivity index (χ4v) is 2.63. The summed E-state index contributed by atoms with van der Waals surface area (Å²) in [7, 11) is 1.48. The van der Waals surface area contributed by atoms with Crippen LogP contribution in [0.15, 0.2) is 29.9 Å². The molecular formula is C14H17FN2OS. The van der Waals surface area contributed by atoms with Gasteiger partial charge in [0, 0.05) is 23.5 Å². The van der Waals surface area contributed by atoms with E-state index in [-0.39, 0.29) is 17.6 Å². The van der Waals surface area contributed by atoms with Gasteiger partial charge in [-0.05, 0) is 24.2 Å². The number of aromatic nitrogens is 1. The van der Waals surface area contributed by atoms with Crippen LogP contribution < -0.4 is 10.1 Å². The molecule has 1 unspecified atom stereocenters. The van der Waals surface area contributed by atoms with E-state index in [9.17, 15) is 4.39 Å². The quantitative estimate of drug-likeness (QED) is 0.882. The Balaban J connectivity index is 2.22. The molecule has 2 rings (SSSR count). The number of methoxy groups -OCH3 is 1. The summed E-state index contributed by atoms with van der Waals surface area (Å²) in [5, 5.41) is 3.41. The minimum Gasteiger partial charge on any atom is -0.494 e. The van der Waals surface area contributed by atoms with Crippen LogP contribution in [0.5, 0.6) is 5.75 Å². The molecule has 1 heterocycles. The topological polar surface area (TPSA) is 34.2 Å². The molecule has 0 saturated carbocycles. The van der Waals surface area contributed by atoms with Crippen molar-refractivity contribution in [1.82, 2.24) is 10.3 Å². The predicted octanol–water partition coefficient (Wildman–Crippen LogP) is 3.18. The molecule has 0 radical (unpaired) electrons. The summed E-state index contributed by atoms with van der Waals surface area (Å²) in [6, 6.07) is 5.14. The average molecular weight is 280 g/mol. The Morgan fingerprint density at radius 3 is 2.95 bits per heavy atom. The van der Waals surface area contributed by atoms with E-state index in [0.29, 0.717) is 0 Å². The van der Waals surface area contributed by atoms with Crippen LogP contribution >= 0.6 is 11.3 Å². The number of nitrogens with zero attached hydrogens (tertiary/aromatic N) is 1. The Labute approximate surface area is 116 Å². The van der Waals surface area contributed by atoms with E-state index in [1.54, 1.807) is 23.5 Å². The number of ether oxygens (including phenoxy) is 1. The first-order valence-electron chi connectivity index (χ1n) is 6.18. The highest BCUT2D eigenvalue weighted by Gasteiger charge is 2.14. The first kappa shape index (κ1) is 14.0. The van der Waals surface area contributed by atoms with E-state index in [0.717, 1.165) is 18.5 Å². The molecule has 5 heteroatoms. The van der Waals surface area contributed by atoms with Gasteiger partial charge in [-0.15, -0.1) is 11.3 Å². The maximum absolute atomic E-state index is 13.4. The van der Waals surface area contributed by atoms with Gasteiger partial charge in [0.25, 0.3) is 0 Å². The second kappa shape index (κ2) is 6.63. The van der Waals surface area contributed by atoms with Gasteiger partial charge in [0.2, 0.25) is 0 Å². The highest BCUT2D eigenvalue weighted by atomic mass is 32.1. The number of nitrogens with one attached hydrogen (secondary N) is 1. The SMILES string of the molecule is CCNC(Cc1cncs1)c1ccc(F)c(OC)c1. The number of hydrogen-bond donors (Lipinski definition) is 1. The summed E-state index contributed by atoms with van der Waals surface area (Å²) >= 11 is 1.63. The average Bonchev–Trinajstić information content (AvgIpc) is 2.92. The molecular weight excluding hydrogens is 263 g/mol. The van der Waals surface area contributed by atoms with E-state index in [1.807, 2.05) is 11.7 Å². The molecule has 1 N–H and O–H groups in total. The van der Waals surface area contributed by atoms with Crippen LogP contribution in [-0.4, -0.2) is 18.6 Å². The van der Waals surface area contributed by atoms with Gasteiger partial charge < -0.3 is 10.1 Å². The van der Waals surface area contributed by atoms with E-state index in [4.69, 9.17) is 4.74 Å². The number of thiazole rings is 1. The van der Waals surface area contributed by atoms with Crippen LogP contribution in [0.2, 0.25) is 0 Å². The lowest BCUT2D eigenvalue weighted by Gasteiger charge is -2.18. The van der Waals surface area contributed by atoms with Crippen molar-refractivity contribution in [2.24, 2.45) is 0 Å². The van der Waals surface area contributed by atoms with Gasteiger partial charge in [0.05, 0.1) is 12.6 Å². The van der Waals surface area contributed by atoms with E-state index in [1.165, 1.54) is 18.1 Å². The van der Waals surface area contributed by atoms with Crippen molar-refractivity contribution in [3.8, 4) is 5.75 Å². The Morgan fingerprint density at radius 2 is 2.32 bits per heavy atom. The van der Waals surface area contributed by atoms with E-state index in [2.05, 4.69) is 17.2 Å². The molecule has 1 atom stereocenters. The predicted molar refractivity (Wildman–Crippen MR) is 75.2 cm³/mol. The van der Waals surface area contributed by atoms with Gasteiger partial charge >= 0.3 is 0 Å². The Morgan fingerprint density at radius 1 is 1.47 bits per heavy atom. The zero-order chi connectivity index (χ0) is 13.7. The number of hydrogen-bond acceptors (Lipinski definition) is 4. The van der Waals surface area contributed by atoms with Crippen molar-refractivity contribution >= 4 is 11.3 Å². The smallest absolute Gasteiger partial charge is 0.165 e. The van der Waals surface area contributed by atoms with Crippen LogP contribution in [0, 0.1) is 5.82 Å². The van der Waals surface area contributed by atoms with Crippen molar-refractivity contribution in [2.75, 3.05) is 13.7 Å². The molecule has 0 spiro atoms. The van der Waals surface area contributed by atoms with Gasteiger partial charge in [-0.3, -0.25) is 4.98 Å². The van der Waals surface area contributed by atoms with Gasteiger partial charge in [0.1, 0.15) is 0 Å². The lowest BCUT2D eigenvalue weighted by molar-refractivity contribution is 0.384. The fourth-order valence-electron chi connectivity index (χ4n) is 1.99. The molecule has 1 aromatic heterocycles. The Kier molecular flexibility index (Phi) is 4.87. The summed E-state index contributed by atoms with van der Waals surface area (Å²) in [6.07, 6.45) is 2.71. The summed E-state index contributed by atoms with van der Waals surface area (Å²) in [5.41, 5.74) is 2.84. The summed E-state index contributed by atoms with van der Waals surface area (Å²) in [4.78, 5) is 5.29. The van der Waals surface area contributed by atoms with Gasteiger partial charge in [-0.25, -0.2) is 4.39 Å². The minimum absolute atomic E-state index is 0.139. The molecule has 0 aliphatic carbocycles. The number of benzene rings is 1. The van der Waals surface area contributed by atoms with Crippen molar-refractivity contribution in [2.45, 2.75) is 19.4 Å². The number of halogens is 1. The standard InChI is InChI=1S/C14H17FN2OS/c1-3-17-13(7-11-8-16-9-19-11)10-4-5-12(15)14(6-10)18-2/h4-6,8-9,13,17H,3,7H2,1-2H3. The van der Waals surface area contributed by atoms with Crippen molar-refractivity contribution in [1.29, 1.82) is 0 Å². The lowest BCUT2D eigenvalue weighted by Crippen LogP contribution is -2.22. The zero-order valence-electron chi connectivity index (χ0n) is 11.0. The molecule has 0 fully saturated rings. The van der Waals surface area contributed by atoms with Crippen LogP contribution in [0.1, 0.15) is 23.4 Å². The highest BCUT2D eigenvalue weighted by Crippen LogP contribution is 2.25. The largest absolute Gasteiger partial charge is 0.494 e. The third-order valence-electron chi connectivity index (χ3n) is 2.92. The molecule has 0 bridgehead atoms. The summed E-state index contributed by atoms with van der Waals surface area (Å²) < 4.78 is 18.5. The Hall–Kier alpha value is -1.46. The van der Waals surface area contributed by atoms with Crippen molar-refractivity contribution in [3.05, 3.63) is 46.2 Å². The molecule has 1 aromatic carbocycles. The zero-order valence-corrected chi connectivity index (χ0v) is 11.8. The number of likely N-dealkylation sites (N-methyl/N-ethyl adjacent to an activating group) is 1. The van der Waals surface area contributed by atoms with E-state index < -0.39 is 0 Å². The first-order valence-corrected chi connectivity index (χ1v) is 7.06. The molecule has 19 heavy (non-hydrogen) atoms. The number of rotatable bonds is 6. The molecule has 0 saturated heterocycles. The van der Waals surface area contributed by atoms with Gasteiger partial charge in [-0.1, -0.05) is 13.0 Å². The summed E-state index contributed by atoms with van der Waals surface area (Å²) in [6.45, 7) is 2.91. The van der Waals surface area contributed by atoms with Gasteiger partial charge in [0.15, 0.2) is 11.6 Å². The molecule has 102 valence electrons. The first-order chi connectivity index (χ1) is 9.24. The van der Waals surface area contributed by atoms with Crippen molar-refractivity contribution in [3.63, 3.8) is 0 Å². The monoisotopic (exact) mass is 280 g/mol. The van der Waals surface area contributed by atoms with Crippen LogP contribution in [0.3, 0.4) is 0 Å². The third-order valence-corrected chi connectivity index (χ3v) is 3.72. The van der Waals surface area contributed by atoms with Crippen LogP contribution in [-0.2, 0) is 6.42 Å².